The van der Waals surface area contributed by atoms with Crippen LogP contribution in [0.4, 0.5) is 8.78 Å². The van der Waals surface area contributed by atoms with E-state index in [1.54, 1.807) is 6.07 Å². The fourth-order valence-electron chi connectivity index (χ4n) is 3.51. The van der Waals surface area contributed by atoms with Gasteiger partial charge in [-0.1, -0.05) is 6.07 Å². The van der Waals surface area contributed by atoms with E-state index in [0.29, 0.717) is 16.7 Å². The number of guanidine groups is 1. The number of phenolic OH excluding ortho intramolecular Hbond substituents is 1. The first-order valence-electron chi connectivity index (χ1n) is 8.96. The summed E-state index contributed by atoms with van der Waals surface area (Å²) in [5.41, 5.74) is 5.80. The minimum Gasteiger partial charge on any atom is -0.507 e. The molecular weight excluding hydrogens is 392 g/mol. The van der Waals surface area contributed by atoms with Gasteiger partial charge >= 0.3 is 0 Å². The highest BCUT2D eigenvalue weighted by Gasteiger charge is 2.49. The number of phenols is 1. The number of alkyl halides is 1. The lowest BCUT2D eigenvalue weighted by Crippen LogP contribution is -2.41. The average Bonchev–Trinajstić information content (AvgIpc) is 2.99. The summed E-state index contributed by atoms with van der Waals surface area (Å²) in [6.07, 6.45) is 3.82. The van der Waals surface area contributed by atoms with E-state index in [1.165, 1.54) is 54.7 Å². The number of amides is 1. The molecule has 1 aliphatic rings. The Morgan fingerprint density at radius 1 is 1.17 bits per heavy atom. The second-order valence-electron chi connectivity index (χ2n) is 6.84. The van der Waals surface area contributed by atoms with Crippen molar-refractivity contribution in [1.29, 1.82) is 0 Å². The van der Waals surface area contributed by atoms with E-state index in [1.807, 2.05) is 0 Å². The third-order valence-corrected chi connectivity index (χ3v) is 5.04. The van der Waals surface area contributed by atoms with Gasteiger partial charge in [-0.15, -0.1) is 0 Å². The topological polar surface area (TPSA) is 105 Å². The molecule has 30 heavy (non-hydrogen) atoms. The van der Waals surface area contributed by atoms with Crippen LogP contribution in [0.15, 0.2) is 60.0 Å². The summed E-state index contributed by atoms with van der Waals surface area (Å²) in [5.74, 6) is -1.17. The molecule has 1 aromatic carbocycles. The van der Waals surface area contributed by atoms with Gasteiger partial charge in [0.15, 0.2) is 11.5 Å². The summed E-state index contributed by atoms with van der Waals surface area (Å²) in [7, 11) is 1.48. The minimum absolute atomic E-state index is 0.0133. The molecule has 3 heterocycles. The third kappa shape index (κ3) is 2.95. The summed E-state index contributed by atoms with van der Waals surface area (Å²) in [5, 5.41) is 10.4. The molecule has 0 aliphatic carbocycles. The molecule has 0 saturated heterocycles. The number of benzene rings is 1. The Hall–Kier alpha value is -3.88. The van der Waals surface area contributed by atoms with Gasteiger partial charge in [-0.05, 0) is 41.5 Å². The van der Waals surface area contributed by atoms with Gasteiger partial charge in [-0.2, -0.15) is 0 Å². The van der Waals surface area contributed by atoms with Crippen molar-refractivity contribution in [2.75, 3.05) is 7.05 Å². The van der Waals surface area contributed by atoms with Gasteiger partial charge in [0.1, 0.15) is 18.2 Å². The SMILES string of the molecule is CN1C(=O)C(c2ccnc(CF)c2)(c2ccc(O)c(-c3cncc(F)c3)c2)N=C1N. The molecule has 0 spiro atoms. The Morgan fingerprint density at radius 3 is 2.60 bits per heavy atom. The zero-order chi connectivity index (χ0) is 21.5. The second kappa shape index (κ2) is 7.18. The molecule has 0 fully saturated rings. The van der Waals surface area contributed by atoms with Crippen LogP contribution in [0.25, 0.3) is 11.1 Å². The number of nitrogens with two attached hydrogens (primary N) is 1. The average molecular weight is 409 g/mol. The Bertz CT molecular complexity index is 1180. The molecule has 9 heteroatoms. The number of likely N-dealkylation sites (N-methyl/N-ethyl adjacent to an activating group) is 1. The van der Waals surface area contributed by atoms with Crippen molar-refractivity contribution in [3.8, 4) is 16.9 Å². The van der Waals surface area contributed by atoms with Crippen LogP contribution >= 0.6 is 0 Å². The fourth-order valence-corrected chi connectivity index (χ4v) is 3.51. The predicted octanol–water partition coefficient (Wildman–Crippen LogP) is 2.49. The van der Waals surface area contributed by atoms with Gasteiger partial charge in [0.2, 0.25) is 0 Å². The molecule has 0 bridgehead atoms. The minimum atomic E-state index is -1.60. The molecule has 4 rings (SSSR count). The zero-order valence-corrected chi connectivity index (χ0v) is 15.9. The maximum absolute atomic E-state index is 13.7. The number of aliphatic imine (C=N–C) groups is 1. The van der Waals surface area contributed by atoms with Crippen molar-refractivity contribution in [1.82, 2.24) is 14.9 Å². The first-order chi connectivity index (χ1) is 14.4. The Balaban J connectivity index is 1.98. The van der Waals surface area contributed by atoms with Crippen LogP contribution in [0, 0.1) is 5.82 Å². The molecule has 1 aliphatic heterocycles. The third-order valence-electron chi connectivity index (χ3n) is 5.04. The molecular formula is C21H17F2N5O2. The van der Waals surface area contributed by atoms with Crippen LogP contribution in [0.3, 0.4) is 0 Å². The quantitative estimate of drug-likeness (QED) is 0.689. The molecule has 1 atom stereocenters. The van der Waals surface area contributed by atoms with E-state index in [0.717, 1.165) is 6.20 Å². The van der Waals surface area contributed by atoms with Gasteiger partial charge in [0.05, 0.1) is 11.9 Å². The molecule has 2 aromatic heterocycles. The number of hydrogen-bond donors (Lipinski definition) is 2. The van der Waals surface area contributed by atoms with Gasteiger partial charge in [-0.3, -0.25) is 19.7 Å². The number of rotatable bonds is 4. The van der Waals surface area contributed by atoms with Crippen LogP contribution in [0.2, 0.25) is 0 Å². The standard InChI is InChI=1S/C21H17F2N5O2/c1-28-19(30)21(27-20(28)24,14-4-5-26-16(7-14)9-22)13-2-3-18(29)17(8-13)12-6-15(23)11-25-10-12/h2-8,10-11,29H,9H2,1H3,(H2,24,27). The van der Waals surface area contributed by atoms with Crippen LogP contribution in [-0.2, 0) is 17.0 Å². The molecule has 1 amide bonds. The van der Waals surface area contributed by atoms with E-state index < -0.39 is 23.9 Å². The largest absolute Gasteiger partial charge is 0.507 e. The summed E-state index contributed by atoms with van der Waals surface area (Å²) in [4.78, 5) is 26.7. The number of pyridine rings is 2. The van der Waals surface area contributed by atoms with E-state index in [4.69, 9.17) is 5.73 Å². The normalized spacial score (nSPS) is 18.6. The number of halogens is 2. The smallest absolute Gasteiger partial charge is 0.266 e. The van der Waals surface area contributed by atoms with Crippen LogP contribution in [-0.4, -0.2) is 38.9 Å². The van der Waals surface area contributed by atoms with Gasteiger partial charge in [-0.25, -0.2) is 13.8 Å². The summed E-state index contributed by atoms with van der Waals surface area (Å²) < 4.78 is 26.9. The lowest BCUT2D eigenvalue weighted by atomic mass is 9.81. The van der Waals surface area contributed by atoms with Crippen LogP contribution < -0.4 is 5.73 Å². The van der Waals surface area contributed by atoms with Gasteiger partial charge in [0, 0.05) is 30.6 Å². The number of carbonyl (C=O) groups excluding carboxylic acids is 1. The predicted molar refractivity (Wildman–Crippen MR) is 106 cm³/mol. The summed E-state index contributed by atoms with van der Waals surface area (Å²) in [6, 6.07) is 8.65. The van der Waals surface area contributed by atoms with Gasteiger partial charge in [0.25, 0.3) is 5.91 Å². The van der Waals surface area contributed by atoms with Gasteiger partial charge < -0.3 is 10.8 Å². The zero-order valence-electron chi connectivity index (χ0n) is 15.9. The van der Waals surface area contributed by atoms with Crippen molar-refractivity contribution >= 4 is 11.9 Å². The van der Waals surface area contributed by atoms with Crippen molar-refractivity contribution in [2.24, 2.45) is 10.7 Å². The monoisotopic (exact) mass is 409 g/mol. The molecule has 3 aromatic rings. The van der Waals surface area contributed by atoms with Crippen molar-refractivity contribution in [3.63, 3.8) is 0 Å². The molecule has 0 radical (unpaired) electrons. The highest BCUT2D eigenvalue weighted by molar-refractivity contribution is 6.09. The van der Waals surface area contributed by atoms with E-state index >= 15 is 0 Å². The van der Waals surface area contributed by atoms with E-state index in [2.05, 4.69) is 15.0 Å². The van der Waals surface area contributed by atoms with Crippen LogP contribution in [0.5, 0.6) is 5.75 Å². The second-order valence-corrected chi connectivity index (χ2v) is 6.84. The molecule has 7 nitrogen and oxygen atoms in total. The number of aromatic hydroxyl groups is 1. The Kier molecular flexibility index (Phi) is 4.65. The van der Waals surface area contributed by atoms with Crippen molar-refractivity contribution < 1.29 is 18.7 Å². The molecule has 1 unspecified atom stereocenters. The lowest BCUT2D eigenvalue weighted by molar-refractivity contribution is -0.129. The maximum Gasteiger partial charge on any atom is 0.266 e. The van der Waals surface area contributed by atoms with E-state index in [-0.39, 0.29) is 23.0 Å². The van der Waals surface area contributed by atoms with Crippen molar-refractivity contribution in [3.05, 3.63) is 77.6 Å². The molecule has 3 N–H and O–H groups in total. The number of carbonyl (C=O) groups is 1. The molecule has 152 valence electrons. The Labute approximate surface area is 170 Å². The first-order valence-corrected chi connectivity index (χ1v) is 8.96. The van der Waals surface area contributed by atoms with Crippen molar-refractivity contribution in [2.45, 2.75) is 12.2 Å². The number of hydrogen-bond acceptors (Lipinski definition) is 6. The molecule has 0 saturated carbocycles. The maximum atomic E-state index is 13.7. The summed E-state index contributed by atoms with van der Waals surface area (Å²) >= 11 is 0. The highest BCUT2D eigenvalue weighted by Crippen LogP contribution is 2.42. The van der Waals surface area contributed by atoms with Crippen LogP contribution in [0.1, 0.15) is 16.8 Å². The highest BCUT2D eigenvalue weighted by atomic mass is 19.1. The number of aromatic nitrogens is 2. The Morgan fingerprint density at radius 2 is 1.93 bits per heavy atom. The first kappa shape index (κ1) is 19.4. The fraction of sp³-hybridized carbons (Fsp3) is 0.143. The lowest BCUT2D eigenvalue weighted by Gasteiger charge is -2.27. The van der Waals surface area contributed by atoms with E-state index in [9.17, 15) is 18.7 Å². The summed E-state index contributed by atoms with van der Waals surface area (Å²) in [6.45, 7) is -0.817. The number of nitrogens with zero attached hydrogens (tertiary/aromatic N) is 4.